The van der Waals surface area contributed by atoms with Crippen LogP contribution in [0.25, 0.3) is 5.65 Å². The largest absolute Gasteiger partial charge is 0.483 e. The first-order chi connectivity index (χ1) is 8.84. The van der Waals surface area contributed by atoms with Crippen LogP contribution >= 0.6 is 0 Å². The fourth-order valence-electron chi connectivity index (χ4n) is 1.64. The molecule has 0 aliphatic carbocycles. The first-order valence-electron chi connectivity index (χ1n) is 5.45. The molecular weight excluding hydrogens is 230 g/mol. The molecule has 0 spiro atoms. The highest BCUT2D eigenvalue weighted by Gasteiger charge is 2.06. The molecule has 2 N–H and O–H groups in total. The molecule has 6 nitrogen and oxygen atoms in total. The van der Waals surface area contributed by atoms with Gasteiger partial charge in [-0.15, -0.1) is 10.2 Å². The number of ether oxygens (including phenoxy) is 1. The van der Waals surface area contributed by atoms with E-state index < -0.39 is 0 Å². The number of fused-ring (bicyclic) bond motifs is 1. The maximum atomic E-state index is 5.79. The lowest BCUT2D eigenvalue weighted by molar-refractivity contribution is 0.296. The fourth-order valence-corrected chi connectivity index (χ4v) is 1.64. The third-order valence-corrected chi connectivity index (χ3v) is 2.56. The molecule has 0 amide bonds. The van der Waals surface area contributed by atoms with Crippen molar-refractivity contribution < 1.29 is 4.74 Å². The number of hydrogen-bond donors (Lipinski definition) is 1. The third kappa shape index (κ3) is 1.84. The van der Waals surface area contributed by atoms with Crippen molar-refractivity contribution in [1.29, 1.82) is 0 Å². The van der Waals surface area contributed by atoms with Gasteiger partial charge in [-0.3, -0.25) is 4.40 Å². The quantitative estimate of drug-likeness (QED) is 0.699. The molecule has 18 heavy (non-hydrogen) atoms. The summed E-state index contributed by atoms with van der Waals surface area (Å²) in [7, 11) is 0. The zero-order valence-electron chi connectivity index (χ0n) is 9.52. The fraction of sp³-hybridized carbons (Fsp3) is 0.0833. The molecule has 0 bridgehead atoms. The number of nitrogen functional groups attached to an aromatic ring is 1. The second-order valence-electron chi connectivity index (χ2n) is 3.75. The molecule has 6 heteroatoms. The molecule has 90 valence electrons. The molecule has 0 aliphatic heterocycles. The first kappa shape index (κ1) is 10.5. The molecule has 0 atom stereocenters. The summed E-state index contributed by atoms with van der Waals surface area (Å²) < 4.78 is 7.39. The molecule has 0 radical (unpaired) electrons. The number of para-hydroxylation sites is 2. The smallest absolute Gasteiger partial charge is 0.176 e. The van der Waals surface area contributed by atoms with E-state index in [0.29, 0.717) is 23.9 Å². The van der Waals surface area contributed by atoms with Crippen molar-refractivity contribution in [2.75, 3.05) is 5.73 Å². The maximum absolute atomic E-state index is 5.79. The number of aromatic nitrogens is 4. The summed E-state index contributed by atoms with van der Waals surface area (Å²) in [6.07, 6.45) is 3.33. The summed E-state index contributed by atoms with van der Waals surface area (Å²) in [5.41, 5.74) is 7.13. The van der Waals surface area contributed by atoms with Crippen molar-refractivity contribution in [3.8, 4) is 5.75 Å². The average Bonchev–Trinajstić information content (AvgIpc) is 2.81. The normalized spacial score (nSPS) is 10.7. The van der Waals surface area contributed by atoms with Gasteiger partial charge in [-0.05, 0) is 12.1 Å². The van der Waals surface area contributed by atoms with Crippen molar-refractivity contribution in [2.45, 2.75) is 6.61 Å². The number of nitrogens with zero attached hydrogens (tertiary/aromatic N) is 4. The lowest BCUT2D eigenvalue weighted by atomic mass is 10.3. The van der Waals surface area contributed by atoms with Crippen LogP contribution < -0.4 is 10.5 Å². The monoisotopic (exact) mass is 241 g/mol. The molecule has 0 saturated carbocycles. The minimum Gasteiger partial charge on any atom is -0.483 e. The number of benzene rings is 1. The molecular formula is C12H11N5O. The number of anilines is 1. The summed E-state index contributed by atoms with van der Waals surface area (Å²) in [5, 5.41) is 8.06. The number of rotatable bonds is 3. The van der Waals surface area contributed by atoms with Crippen LogP contribution in [0, 0.1) is 0 Å². The second-order valence-corrected chi connectivity index (χ2v) is 3.75. The van der Waals surface area contributed by atoms with Gasteiger partial charge in [0.05, 0.1) is 5.69 Å². The Bertz CT molecular complexity index is 679. The molecule has 0 fully saturated rings. The van der Waals surface area contributed by atoms with E-state index >= 15 is 0 Å². The van der Waals surface area contributed by atoms with Gasteiger partial charge in [0.25, 0.3) is 0 Å². The standard InChI is InChI=1S/C12H11N5O/c13-9-3-1-2-4-10(9)18-7-12-16-15-11-5-6-14-8-17(11)12/h1-6,8H,7,13H2. The Labute approximate surface area is 103 Å². The second kappa shape index (κ2) is 4.33. The van der Waals surface area contributed by atoms with E-state index in [1.54, 1.807) is 29.1 Å². The molecule has 0 saturated heterocycles. The van der Waals surface area contributed by atoms with E-state index in [1.165, 1.54) is 0 Å². The minimum absolute atomic E-state index is 0.293. The summed E-state index contributed by atoms with van der Waals surface area (Å²) in [6, 6.07) is 9.12. The van der Waals surface area contributed by atoms with E-state index in [4.69, 9.17) is 10.5 Å². The summed E-state index contributed by atoms with van der Waals surface area (Å²) in [6.45, 7) is 0.293. The predicted molar refractivity (Wildman–Crippen MR) is 66.0 cm³/mol. The first-order valence-corrected chi connectivity index (χ1v) is 5.45. The van der Waals surface area contributed by atoms with Crippen molar-refractivity contribution in [3.05, 3.63) is 48.7 Å². The number of hydrogen-bond acceptors (Lipinski definition) is 5. The van der Waals surface area contributed by atoms with Crippen LogP contribution in [-0.2, 0) is 6.61 Å². The van der Waals surface area contributed by atoms with Crippen LogP contribution in [0.5, 0.6) is 5.75 Å². The van der Waals surface area contributed by atoms with Crippen molar-refractivity contribution in [2.24, 2.45) is 0 Å². The highest BCUT2D eigenvalue weighted by atomic mass is 16.5. The van der Waals surface area contributed by atoms with Crippen LogP contribution in [0.4, 0.5) is 5.69 Å². The maximum Gasteiger partial charge on any atom is 0.176 e. The Hall–Kier alpha value is -2.63. The van der Waals surface area contributed by atoms with Gasteiger partial charge in [-0.2, -0.15) is 0 Å². The lowest BCUT2D eigenvalue weighted by Gasteiger charge is -2.06. The highest BCUT2D eigenvalue weighted by Crippen LogP contribution is 2.20. The van der Waals surface area contributed by atoms with Crippen molar-refractivity contribution in [1.82, 2.24) is 19.6 Å². The van der Waals surface area contributed by atoms with Gasteiger partial charge in [-0.25, -0.2) is 4.98 Å². The van der Waals surface area contributed by atoms with E-state index in [0.717, 1.165) is 5.65 Å². The van der Waals surface area contributed by atoms with Gasteiger partial charge in [0.15, 0.2) is 11.5 Å². The Balaban J connectivity index is 1.83. The van der Waals surface area contributed by atoms with E-state index in [2.05, 4.69) is 15.2 Å². The van der Waals surface area contributed by atoms with Crippen LogP contribution in [0.15, 0.2) is 42.9 Å². The average molecular weight is 241 g/mol. The van der Waals surface area contributed by atoms with Crippen LogP contribution in [0.3, 0.4) is 0 Å². The zero-order valence-corrected chi connectivity index (χ0v) is 9.52. The van der Waals surface area contributed by atoms with Gasteiger partial charge >= 0.3 is 0 Å². The minimum atomic E-state index is 0.293. The molecule has 2 aromatic heterocycles. The van der Waals surface area contributed by atoms with Gasteiger partial charge in [-0.1, -0.05) is 12.1 Å². The van der Waals surface area contributed by atoms with Gasteiger partial charge in [0.2, 0.25) is 0 Å². The Kier molecular flexibility index (Phi) is 2.53. The predicted octanol–water partition coefficient (Wildman–Crippen LogP) is 1.29. The molecule has 1 aromatic carbocycles. The molecule has 3 rings (SSSR count). The summed E-state index contributed by atoms with van der Waals surface area (Å²) in [5.74, 6) is 1.32. The van der Waals surface area contributed by atoms with Crippen molar-refractivity contribution >= 4 is 11.3 Å². The third-order valence-electron chi connectivity index (χ3n) is 2.56. The molecule has 0 unspecified atom stereocenters. The lowest BCUT2D eigenvalue weighted by Crippen LogP contribution is -2.03. The molecule has 2 heterocycles. The topological polar surface area (TPSA) is 78.3 Å². The van der Waals surface area contributed by atoms with Crippen LogP contribution in [0.2, 0.25) is 0 Å². The Morgan fingerprint density at radius 2 is 2.06 bits per heavy atom. The van der Waals surface area contributed by atoms with E-state index in [9.17, 15) is 0 Å². The Morgan fingerprint density at radius 1 is 1.17 bits per heavy atom. The summed E-state index contributed by atoms with van der Waals surface area (Å²) in [4.78, 5) is 4.02. The summed E-state index contributed by atoms with van der Waals surface area (Å²) >= 11 is 0. The van der Waals surface area contributed by atoms with Crippen LogP contribution in [-0.4, -0.2) is 19.6 Å². The molecule has 0 aliphatic rings. The van der Waals surface area contributed by atoms with Gasteiger partial charge < -0.3 is 10.5 Å². The van der Waals surface area contributed by atoms with Crippen molar-refractivity contribution in [3.63, 3.8) is 0 Å². The molecule has 3 aromatic rings. The van der Waals surface area contributed by atoms with E-state index in [-0.39, 0.29) is 0 Å². The van der Waals surface area contributed by atoms with Crippen LogP contribution in [0.1, 0.15) is 5.82 Å². The SMILES string of the molecule is Nc1ccccc1OCc1nnc2ccncn12. The Morgan fingerprint density at radius 3 is 2.94 bits per heavy atom. The van der Waals surface area contributed by atoms with Gasteiger partial charge in [0, 0.05) is 12.3 Å². The zero-order chi connectivity index (χ0) is 12.4. The van der Waals surface area contributed by atoms with E-state index in [1.807, 2.05) is 18.2 Å². The van der Waals surface area contributed by atoms with Gasteiger partial charge in [0.1, 0.15) is 18.7 Å². The number of nitrogens with two attached hydrogens (primary N) is 1. The highest BCUT2D eigenvalue weighted by molar-refractivity contribution is 5.51.